The van der Waals surface area contributed by atoms with Gasteiger partial charge in [-0.1, -0.05) is 25.1 Å². The summed E-state index contributed by atoms with van der Waals surface area (Å²) in [5.41, 5.74) is 3.22. The number of aromatic amines is 1. The Morgan fingerprint density at radius 2 is 1.90 bits per heavy atom. The fourth-order valence-electron chi connectivity index (χ4n) is 5.44. The van der Waals surface area contributed by atoms with Crippen LogP contribution in [0.15, 0.2) is 53.3 Å². The van der Waals surface area contributed by atoms with Crippen molar-refractivity contribution in [3.8, 4) is 5.75 Å². The SMILES string of the molecule is CCOc1ccc(CN(C[C@H]2CCCO2)[C@H](c2cc3cc(CC)ccc3[nH]c2=O)c2nnnn2C(C)(C)C)cc1. The lowest BCUT2D eigenvalue weighted by Crippen LogP contribution is -2.40. The van der Waals surface area contributed by atoms with Gasteiger partial charge in [-0.2, -0.15) is 0 Å². The first-order valence-electron chi connectivity index (χ1n) is 14.3. The number of aromatic nitrogens is 5. The van der Waals surface area contributed by atoms with E-state index in [9.17, 15) is 4.79 Å². The number of fused-ring (bicyclic) bond motifs is 1. The molecule has 40 heavy (non-hydrogen) atoms. The molecule has 9 heteroatoms. The summed E-state index contributed by atoms with van der Waals surface area (Å²) in [5.74, 6) is 1.47. The maximum absolute atomic E-state index is 13.8. The second-order valence-corrected chi connectivity index (χ2v) is 11.5. The zero-order valence-electron chi connectivity index (χ0n) is 24.2. The van der Waals surface area contributed by atoms with Gasteiger partial charge < -0.3 is 14.5 Å². The monoisotopic (exact) mass is 544 g/mol. The maximum Gasteiger partial charge on any atom is 0.253 e. The first-order valence-corrected chi connectivity index (χ1v) is 14.3. The summed E-state index contributed by atoms with van der Waals surface area (Å²) >= 11 is 0. The highest BCUT2D eigenvalue weighted by Crippen LogP contribution is 2.32. The van der Waals surface area contributed by atoms with Gasteiger partial charge in [-0.15, -0.1) is 5.10 Å². The Labute approximate surface area is 235 Å². The van der Waals surface area contributed by atoms with Gasteiger partial charge in [0.2, 0.25) is 0 Å². The molecule has 3 heterocycles. The van der Waals surface area contributed by atoms with Gasteiger partial charge in [-0.3, -0.25) is 9.69 Å². The van der Waals surface area contributed by atoms with Crippen molar-refractivity contribution in [3.63, 3.8) is 0 Å². The van der Waals surface area contributed by atoms with E-state index >= 15 is 0 Å². The molecule has 1 N–H and O–H groups in total. The Morgan fingerprint density at radius 3 is 2.58 bits per heavy atom. The van der Waals surface area contributed by atoms with Gasteiger partial charge in [0.05, 0.1) is 18.2 Å². The van der Waals surface area contributed by atoms with Crippen molar-refractivity contribution in [2.24, 2.45) is 0 Å². The van der Waals surface area contributed by atoms with Crippen molar-refractivity contribution < 1.29 is 9.47 Å². The number of benzene rings is 2. The van der Waals surface area contributed by atoms with Crippen LogP contribution in [0.2, 0.25) is 0 Å². The van der Waals surface area contributed by atoms with Crippen LogP contribution in [-0.4, -0.2) is 56.0 Å². The van der Waals surface area contributed by atoms with Crippen LogP contribution >= 0.6 is 0 Å². The Balaban J connectivity index is 1.66. The molecule has 5 rings (SSSR count). The molecule has 0 aliphatic carbocycles. The van der Waals surface area contributed by atoms with Gasteiger partial charge in [-0.05, 0) is 104 Å². The Hall–Kier alpha value is -3.56. The van der Waals surface area contributed by atoms with Crippen LogP contribution in [0.5, 0.6) is 5.75 Å². The summed E-state index contributed by atoms with van der Waals surface area (Å²) in [4.78, 5) is 19.2. The van der Waals surface area contributed by atoms with E-state index in [-0.39, 0.29) is 17.2 Å². The minimum absolute atomic E-state index is 0.0652. The number of nitrogens with one attached hydrogen (secondary N) is 1. The van der Waals surface area contributed by atoms with Gasteiger partial charge in [-0.25, -0.2) is 4.68 Å². The number of hydrogen-bond donors (Lipinski definition) is 1. The predicted octanol–water partition coefficient (Wildman–Crippen LogP) is 5.00. The van der Waals surface area contributed by atoms with Gasteiger partial charge in [0.25, 0.3) is 5.56 Å². The molecular weight excluding hydrogens is 504 g/mol. The second kappa shape index (κ2) is 11.9. The van der Waals surface area contributed by atoms with Crippen molar-refractivity contribution in [2.45, 2.75) is 78.1 Å². The number of nitrogens with zero attached hydrogens (tertiary/aromatic N) is 5. The van der Waals surface area contributed by atoms with Crippen molar-refractivity contribution >= 4 is 10.9 Å². The van der Waals surface area contributed by atoms with E-state index < -0.39 is 6.04 Å². The van der Waals surface area contributed by atoms with E-state index in [1.54, 1.807) is 0 Å². The van der Waals surface area contributed by atoms with E-state index in [2.05, 4.69) is 77.4 Å². The number of rotatable bonds is 10. The van der Waals surface area contributed by atoms with E-state index in [0.29, 0.717) is 31.1 Å². The zero-order valence-corrected chi connectivity index (χ0v) is 24.2. The standard InChI is InChI=1S/C31H40N6O3/c1-6-21-12-15-27-23(17-21)18-26(30(38)32-27)28(29-33-34-35-37(29)31(3,4)5)36(20-25-9-8-16-40-25)19-22-10-13-24(14-11-22)39-7-2/h10-15,17-18,25,28H,6-9,16,19-20H2,1-5H3,(H,32,38)/t25-,28-/m1/s1. The molecule has 9 nitrogen and oxygen atoms in total. The summed E-state index contributed by atoms with van der Waals surface area (Å²) in [6, 6.07) is 15.9. The normalized spacial score (nSPS) is 16.6. The van der Waals surface area contributed by atoms with Crippen LogP contribution in [0.1, 0.15) is 76.0 Å². The van der Waals surface area contributed by atoms with E-state index in [1.165, 1.54) is 5.56 Å². The molecule has 4 aromatic rings. The molecule has 0 unspecified atom stereocenters. The van der Waals surface area contributed by atoms with Crippen LogP contribution in [-0.2, 0) is 23.2 Å². The lowest BCUT2D eigenvalue weighted by molar-refractivity contribution is 0.0564. The van der Waals surface area contributed by atoms with E-state index in [4.69, 9.17) is 9.47 Å². The van der Waals surface area contributed by atoms with E-state index in [1.807, 2.05) is 35.9 Å². The number of H-pyrrole nitrogens is 1. The minimum Gasteiger partial charge on any atom is -0.494 e. The van der Waals surface area contributed by atoms with Gasteiger partial charge in [0, 0.05) is 30.8 Å². The smallest absolute Gasteiger partial charge is 0.253 e. The van der Waals surface area contributed by atoms with E-state index in [0.717, 1.165) is 48.1 Å². The average molecular weight is 545 g/mol. The number of ether oxygens (including phenoxy) is 2. The Kier molecular flexibility index (Phi) is 8.32. The fourth-order valence-corrected chi connectivity index (χ4v) is 5.44. The topological polar surface area (TPSA) is 98.2 Å². The summed E-state index contributed by atoms with van der Waals surface area (Å²) in [7, 11) is 0. The second-order valence-electron chi connectivity index (χ2n) is 11.5. The van der Waals surface area contributed by atoms with Crippen LogP contribution in [0.25, 0.3) is 10.9 Å². The third-order valence-electron chi connectivity index (χ3n) is 7.46. The van der Waals surface area contributed by atoms with Crippen LogP contribution < -0.4 is 10.3 Å². The molecule has 1 aliphatic heterocycles. The molecular formula is C31H40N6O3. The number of tetrazole rings is 1. The molecule has 2 aromatic carbocycles. The third-order valence-corrected chi connectivity index (χ3v) is 7.46. The van der Waals surface area contributed by atoms with Gasteiger partial charge in [0.15, 0.2) is 5.82 Å². The minimum atomic E-state index is -0.497. The molecule has 0 radical (unpaired) electrons. The molecule has 0 spiro atoms. The molecule has 0 saturated carbocycles. The highest BCUT2D eigenvalue weighted by atomic mass is 16.5. The first-order chi connectivity index (χ1) is 19.3. The molecule has 1 saturated heterocycles. The molecule has 212 valence electrons. The average Bonchev–Trinajstić information content (AvgIpc) is 3.63. The summed E-state index contributed by atoms with van der Waals surface area (Å²) in [6.07, 6.45) is 2.99. The Bertz CT molecular complexity index is 1480. The molecule has 0 amide bonds. The molecule has 0 bridgehead atoms. The fraction of sp³-hybridized carbons (Fsp3) is 0.484. The van der Waals surface area contributed by atoms with Crippen LogP contribution in [0.4, 0.5) is 0 Å². The first kappa shape index (κ1) is 28.0. The zero-order chi connectivity index (χ0) is 28.3. The predicted molar refractivity (Wildman–Crippen MR) is 156 cm³/mol. The lowest BCUT2D eigenvalue weighted by Gasteiger charge is -2.34. The molecule has 2 aromatic heterocycles. The molecule has 1 aliphatic rings. The summed E-state index contributed by atoms with van der Waals surface area (Å²) < 4.78 is 13.6. The van der Waals surface area contributed by atoms with Crippen molar-refractivity contribution in [2.75, 3.05) is 19.8 Å². The quantitative estimate of drug-likeness (QED) is 0.300. The Morgan fingerprint density at radius 1 is 1.12 bits per heavy atom. The highest BCUT2D eigenvalue weighted by Gasteiger charge is 2.35. The maximum atomic E-state index is 13.8. The highest BCUT2D eigenvalue weighted by molar-refractivity contribution is 5.80. The third kappa shape index (κ3) is 6.10. The number of pyridine rings is 1. The van der Waals surface area contributed by atoms with Gasteiger partial charge in [0.1, 0.15) is 11.8 Å². The summed E-state index contributed by atoms with van der Waals surface area (Å²) in [5, 5.41) is 14.0. The van der Waals surface area contributed by atoms with Crippen LogP contribution in [0.3, 0.4) is 0 Å². The number of aryl methyl sites for hydroxylation is 1. The lowest BCUT2D eigenvalue weighted by atomic mass is 9.99. The van der Waals surface area contributed by atoms with Gasteiger partial charge >= 0.3 is 0 Å². The number of hydrogen-bond acceptors (Lipinski definition) is 7. The molecule has 1 fully saturated rings. The van der Waals surface area contributed by atoms with Crippen molar-refractivity contribution in [3.05, 3.63) is 81.4 Å². The van der Waals surface area contributed by atoms with Crippen molar-refractivity contribution in [1.82, 2.24) is 30.1 Å². The molecule has 2 atom stereocenters. The van der Waals surface area contributed by atoms with Crippen LogP contribution in [0, 0.1) is 0 Å². The summed E-state index contributed by atoms with van der Waals surface area (Å²) in [6.45, 7) is 12.9. The van der Waals surface area contributed by atoms with Crippen molar-refractivity contribution in [1.29, 1.82) is 0 Å². The largest absolute Gasteiger partial charge is 0.494 e.